The lowest BCUT2D eigenvalue weighted by Crippen LogP contribution is -2.40. The fourth-order valence-corrected chi connectivity index (χ4v) is 4.64. The molecule has 0 spiro atoms. The first-order valence-electron chi connectivity index (χ1n) is 10.7. The van der Waals surface area contributed by atoms with Crippen LogP contribution in [0.15, 0.2) is 71.6 Å². The van der Waals surface area contributed by atoms with Gasteiger partial charge < -0.3 is 24.3 Å². The number of ether oxygens (including phenoxy) is 4. The number of hydrogen-bond acceptors (Lipinski definition) is 7. The molecule has 1 atom stereocenters. The zero-order valence-electron chi connectivity index (χ0n) is 18.0. The van der Waals surface area contributed by atoms with Crippen LogP contribution in [0.1, 0.15) is 10.4 Å². The van der Waals surface area contributed by atoms with Crippen LogP contribution in [0.25, 0.3) is 0 Å². The van der Waals surface area contributed by atoms with Gasteiger partial charge in [0.05, 0.1) is 11.4 Å². The normalized spacial score (nSPS) is 16.4. The SMILES string of the molecule is O=C(NC[C@H]1COc2ccccc2O1)c1ccc(NS(=O)(=O)c2ccc3c(c2)OCCO3)cc1. The van der Waals surface area contributed by atoms with E-state index in [4.69, 9.17) is 18.9 Å². The van der Waals surface area contributed by atoms with Gasteiger partial charge in [-0.25, -0.2) is 8.42 Å². The quantitative estimate of drug-likeness (QED) is 0.556. The number of sulfonamides is 1. The van der Waals surface area contributed by atoms with Gasteiger partial charge in [0.1, 0.15) is 25.9 Å². The number of amides is 1. The highest BCUT2D eigenvalue weighted by Gasteiger charge is 2.22. The van der Waals surface area contributed by atoms with Crippen molar-refractivity contribution in [3.63, 3.8) is 0 Å². The van der Waals surface area contributed by atoms with Crippen LogP contribution in [0.3, 0.4) is 0 Å². The van der Waals surface area contributed by atoms with Gasteiger partial charge in [0, 0.05) is 17.3 Å². The molecule has 10 heteroatoms. The Bertz CT molecular complexity index is 1310. The number of nitrogens with one attached hydrogen (secondary N) is 2. The number of anilines is 1. The first-order chi connectivity index (χ1) is 16.5. The number of para-hydroxylation sites is 2. The van der Waals surface area contributed by atoms with E-state index in [1.807, 2.05) is 24.3 Å². The van der Waals surface area contributed by atoms with Gasteiger partial charge in [-0.05, 0) is 48.5 Å². The Labute approximate surface area is 196 Å². The van der Waals surface area contributed by atoms with Crippen LogP contribution in [0, 0.1) is 0 Å². The molecular weight excluding hydrogens is 460 g/mol. The van der Waals surface area contributed by atoms with E-state index in [0.29, 0.717) is 54.1 Å². The first-order valence-corrected chi connectivity index (χ1v) is 12.2. The number of carbonyl (C=O) groups excluding carboxylic acids is 1. The van der Waals surface area contributed by atoms with Crippen LogP contribution >= 0.6 is 0 Å². The van der Waals surface area contributed by atoms with Crippen molar-refractivity contribution < 1.29 is 32.2 Å². The first kappa shape index (κ1) is 21.9. The number of carbonyl (C=O) groups is 1. The minimum absolute atomic E-state index is 0.0508. The van der Waals surface area contributed by atoms with Crippen molar-refractivity contribution in [1.82, 2.24) is 5.32 Å². The van der Waals surface area contributed by atoms with E-state index in [2.05, 4.69) is 10.0 Å². The second-order valence-electron chi connectivity index (χ2n) is 7.70. The summed E-state index contributed by atoms with van der Waals surface area (Å²) in [4.78, 5) is 12.6. The third kappa shape index (κ3) is 4.72. The molecule has 5 rings (SSSR count). The minimum Gasteiger partial charge on any atom is -0.486 e. The molecule has 0 saturated heterocycles. The fraction of sp³-hybridized carbons (Fsp3) is 0.208. The Morgan fingerprint density at radius 1 is 0.853 bits per heavy atom. The average molecular weight is 483 g/mol. The second-order valence-corrected chi connectivity index (χ2v) is 9.38. The van der Waals surface area contributed by atoms with E-state index >= 15 is 0 Å². The van der Waals surface area contributed by atoms with Crippen molar-refractivity contribution in [2.75, 3.05) is 31.1 Å². The van der Waals surface area contributed by atoms with Crippen molar-refractivity contribution in [3.05, 3.63) is 72.3 Å². The zero-order chi connectivity index (χ0) is 23.5. The van der Waals surface area contributed by atoms with Crippen LogP contribution in [0.5, 0.6) is 23.0 Å². The molecule has 9 nitrogen and oxygen atoms in total. The number of benzene rings is 3. The van der Waals surface area contributed by atoms with Crippen LogP contribution in [-0.2, 0) is 10.0 Å². The molecule has 0 bridgehead atoms. The molecule has 34 heavy (non-hydrogen) atoms. The summed E-state index contributed by atoms with van der Waals surface area (Å²) in [5, 5.41) is 2.81. The van der Waals surface area contributed by atoms with Crippen molar-refractivity contribution in [1.29, 1.82) is 0 Å². The fourth-order valence-electron chi connectivity index (χ4n) is 3.57. The molecule has 0 aromatic heterocycles. The number of hydrogen-bond donors (Lipinski definition) is 2. The summed E-state index contributed by atoms with van der Waals surface area (Å²) in [6.07, 6.45) is -0.309. The molecule has 0 unspecified atom stereocenters. The van der Waals surface area contributed by atoms with Gasteiger partial charge in [-0.2, -0.15) is 0 Å². The predicted octanol–water partition coefficient (Wildman–Crippen LogP) is 2.83. The predicted molar refractivity (Wildman–Crippen MR) is 123 cm³/mol. The van der Waals surface area contributed by atoms with Gasteiger partial charge in [-0.15, -0.1) is 0 Å². The Morgan fingerprint density at radius 3 is 2.35 bits per heavy atom. The van der Waals surface area contributed by atoms with Crippen molar-refractivity contribution >= 4 is 21.6 Å². The van der Waals surface area contributed by atoms with Crippen molar-refractivity contribution in [2.24, 2.45) is 0 Å². The molecule has 1 amide bonds. The largest absolute Gasteiger partial charge is 0.486 e. The standard InChI is InChI=1S/C24H22N2O7S/c27-24(25-14-18-15-32-20-3-1-2-4-22(20)33-18)16-5-7-17(8-6-16)26-34(28,29)19-9-10-21-23(13-19)31-12-11-30-21/h1-10,13,18,26H,11-12,14-15H2,(H,25,27)/t18-/m0/s1. The van der Waals surface area contributed by atoms with Crippen LogP contribution < -0.4 is 29.0 Å². The topological polar surface area (TPSA) is 112 Å². The maximum Gasteiger partial charge on any atom is 0.262 e. The van der Waals surface area contributed by atoms with Crippen molar-refractivity contribution in [3.8, 4) is 23.0 Å². The highest BCUT2D eigenvalue weighted by Crippen LogP contribution is 2.33. The summed E-state index contributed by atoms with van der Waals surface area (Å²) >= 11 is 0. The Hall–Kier alpha value is -3.92. The monoisotopic (exact) mass is 482 g/mol. The average Bonchev–Trinajstić information content (AvgIpc) is 2.87. The Morgan fingerprint density at radius 2 is 1.56 bits per heavy atom. The minimum atomic E-state index is -3.85. The van der Waals surface area contributed by atoms with Crippen LogP contribution in [0.2, 0.25) is 0 Å². The molecule has 2 heterocycles. The Balaban J connectivity index is 1.18. The number of rotatable bonds is 6. The van der Waals surface area contributed by atoms with Gasteiger partial charge in [0.2, 0.25) is 0 Å². The highest BCUT2D eigenvalue weighted by molar-refractivity contribution is 7.92. The van der Waals surface area contributed by atoms with Gasteiger partial charge in [0.15, 0.2) is 23.0 Å². The molecule has 3 aromatic rings. The molecule has 176 valence electrons. The van der Waals surface area contributed by atoms with E-state index in [-0.39, 0.29) is 23.5 Å². The van der Waals surface area contributed by atoms with Crippen molar-refractivity contribution in [2.45, 2.75) is 11.0 Å². The summed E-state index contributed by atoms with van der Waals surface area (Å²) in [5.41, 5.74) is 0.714. The molecule has 3 aromatic carbocycles. The maximum absolute atomic E-state index is 12.8. The lowest BCUT2D eigenvalue weighted by molar-refractivity contribution is 0.0789. The maximum atomic E-state index is 12.8. The Kier molecular flexibility index (Phi) is 5.89. The van der Waals surface area contributed by atoms with E-state index < -0.39 is 10.0 Å². The van der Waals surface area contributed by atoms with Gasteiger partial charge in [-0.3, -0.25) is 9.52 Å². The van der Waals surface area contributed by atoms with E-state index in [0.717, 1.165) is 0 Å². The summed E-state index contributed by atoms with van der Waals surface area (Å²) < 4.78 is 50.4. The summed E-state index contributed by atoms with van der Waals surface area (Å²) in [5.74, 6) is 1.91. The van der Waals surface area contributed by atoms with Crippen LogP contribution in [-0.4, -0.2) is 46.8 Å². The van der Waals surface area contributed by atoms with E-state index in [1.54, 1.807) is 18.2 Å². The van der Waals surface area contributed by atoms with E-state index in [9.17, 15) is 13.2 Å². The molecule has 0 aliphatic carbocycles. The molecule has 2 aliphatic rings. The summed E-state index contributed by atoms with van der Waals surface area (Å²) in [6, 6.07) is 18.0. The van der Waals surface area contributed by atoms with Gasteiger partial charge in [-0.1, -0.05) is 12.1 Å². The smallest absolute Gasteiger partial charge is 0.262 e. The highest BCUT2D eigenvalue weighted by atomic mass is 32.2. The third-order valence-electron chi connectivity index (χ3n) is 5.28. The molecule has 0 fully saturated rings. The third-order valence-corrected chi connectivity index (χ3v) is 6.66. The zero-order valence-corrected chi connectivity index (χ0v) is 18.8. The molecule has 0 saturated carbocycles. The lowest BCUT2D eigenvalue weighted by Gasteiger charge is -2.26. The lowest BCUT2D eigenvalue weighted by atomic mass is 10.2. The second kappa shape index (κ2) is 9.14. The summed E-state index contributed by atoms with van der Waals surface area (Å²) in [6.45, 7) is 1.39. The molecule has 0 radical (unpaired) electrons. The number of fused-ring (bicyclic) bond motifs is 2. The van der Waals surface area contributed by atoms with E-state index in [1.165, 1.54) is 24.3 Å². The molecule has 2 N–H and O–H groups in total. The molecule has 2 aliphatic heterocycles. The van der Waals surface area contributed by atoms with Crippen LogP contribution in [0.4, 0.5) is 5.69 Å². The molecular formula is C24H22N2O7S. The summed E-state index contributed by atoms with van der Waals surface area (Å²) in [7, 11) is -3.85. The van der Waals surface area contributed by atoms with Gasteiger partial charge >= 0.3 is 0 Å². The van der Waals surface area contributed by atoms with Gasteiger partial charge in [0.25, 0.3) is 15.9 Å².